The Morgan fingerprint density at radius 2 is 2.33 bits per heavy atom. The lowest BCUT2D eigenvalue weighted by Gasteiger charge is -2.14. The summed E-state index contributed by atoms with van der Waals surface area (Å²) in [4.78, 5) is 21.4. The van der Waals surface area contributed by atoms with Gasteiger partial charge in [0.1, 0.15) is 0 Å². The van der Waals surface area contributed by atoms with Gasteiger partial charge in [0.2, 0.25) is 6.20 Å². The first-order valence-electron chi connectivity index (χ1n) is 5.47. The lowest BCUT2D eigenvalue weighted by atomic mass is 10.2. The van der Waals surface area contributed by atoms with Crippen molar-refractivity contribution in [2.45, 2.75) is 25.3 Å². The van der Waals surface area contributed by atoms with Crippen LogP contribution >= 0.6 is 0 Å². The standard InChI is InChI=1S/C11H13N3O4/c1-8-7-9(3-6-13(16)17)12-14(8)11(4-5-11)10(15)18-2/h3,6-7H,4-5H2,1-2H3/b6-3+. The second-order valence-electron chi connectivity index (χ2n) is 4.25. The van der Waals surface area contributed by atoms with Crippen LogP contribution in [0.25, 0.3) is 6.08 Å². The molecule has 0 aromatic carbocycles. The van der Waals surface area contributed by atoms with Crippen LogP contribution in [-0.2, 0) is 15.1 Å². The number of carbonyl (C=O) groups is 1. The average Bonchev–Trinajstić information content (AvgIpc) is 3.05. The molecule has 0 unspecified atom stereocenters. The number of ether oxygens (including phenoxy) is 1. The molecule has 0 bridgehead atoms. The predicted octanol–water partition coefficient (Wildman–Crippen LogP) is 1.10. The minimum absolute atomic E-state index is 0.321. The molecule has 7 heteroatoms. The molecule has 0 spiro atoms. The number of methoxy groups -OCH3 is 1. The van der Waals surface area contributed by atoms with Gasteiger partial charge in [0.15, 0.2) is 5.54 Å². The summed E-state index contributed by atoms with van der Waals surface area (Å²) in [6, 6.07) is 1.70. The number of rotatable bonds is 4. The fourth-order valence-corrected chi connectivity index (χ4v) is 1.96. The van der Waals surface area contributed by atoms with E-state index in [0.717, 1.165) is 11.9 Å². The third-order valence-electron chi connectivity index (χ3n) is 2.97. The smallest absolute Gasteiger partial charge is 0.333 e. The Balaban J connectivity index is 2.30. The third kappa shape index (κ3) is 1.99. The van der Waals surface area contributed by atoms with Gasteiger partial charge in [0, 0.05) is 11.8 Å². The van der Waals surface area contributed by atoms with Gasteiger partial charge in [-0.25, -0.2) is 4.79 Å². The van der Waals surface area contributed by atoms with Gasteiger partial charge in [-0.2, -0.15) is 5.10 Å². The summed E-state index contributed by atoms with van der Waals surface area (Å²) >= 11 is 0. The molecule has 0 radical (unpaired) electrons. The molecule has 1 aromatic heterocycles. The highest BCUT2D eigenvalue weighted by Crippen LogP contribution is 2.45. The Hall–Kier alpha value is -2.18. The molecule has 0 amide bonds. The van der Waals surface area contributed by atoms with Crippen LogP contribution < -0.4 is 0 Å². The van der Waals surface area contributed by atoms with E-state index in [1.807, 2.05) is 0 Å². The van der Waals surface area contributed by atoms with E-state index in [2.05, 4.69) is 5.10 Å². The van der Waals surface area contributed by atoms with E-state index < -0.39 is 10.5 Å². The van der Waals surface area contributed by atoms with Crippen molar-refractivity contribution >= 4 is 12.0 Å². The number of aromatic nitrogens is 2. The van der Waals surface area contributed by atoms with Crippen LogP contribution in [0.4, 0.5) is 0 Å². The zero-order valence-electron chi connectivity index (χ0n) is 10.1. The Bertz CT molecular complexity index is 528. The maximum absolute atomic E-state index is 11.7. The Labute approximate surface area is 103 Å². The van der Waals surface area contributed by atoms with Crippen molar-refractivity contribution in [1.82, 2.24) is 9.78 Å². The summed E-state index contributed by atoms with van der Waals surface area (Å²) in [7, 11) is 1.34. The van der Waals surface area contributed by atoms with E-state index in [1.165, 1.54) is 13.2 Å². The normalized spacial score (nSPS) is 16.8. The molecule has 0 saturated heterocycles. The minimum atomic E-state index is -0.709. The first-order chi connectivity index (χ1) is 8.49. The lowest BCUT2D eigenvalue weighted by Crippen LogP contribution is -2.30. The van der Waals surface area contributed by atoms with E-state index in [1.54, 1.807) is 17.7 Å². The fraction of sp³-hybridized carbons (Fsp3) is 0.455. The van der Waals surface area contributed by atoms with Crippen LogP contribution in [0, 0.1) is 17.0 Å². The van der Waals surface area contributed by atoms with Crippen molar-refractivity contribution in [2.75, 3.05) is 7.11 Å². The maximum atomic E-state index is 11.7. The van der Waals surface area contributed by atoms with Crippen LogP contribution in [0.2, 0.25) is 0 Å². The number of aryl methyl sites for hydroxylation is 1. The van der Waals surface area contributed by atoms with Crippen molar-refractivity contribution in [3.8, 4) is 0 Å². The fourth-order valence-electron chi connectivity index (χ4n) is 1.96. The Morgan fingerprint density at radius 3 is 2.83 bits per heavy atom. The molecule has 96 valence electrons. The highest BCUT2D eigenvalue weighted by molar-refractivity contribution is 5.82. The molecule has 1 heterocycles. The number of carbonyl (C=O) groups excluding carboxylic acids is 1. The molecular weight excluding hydrogens is 238 g/mol. The van der Waals surface area contributed by atoms with Gasteiger partial charge in [-0.3, -0.25) is 14.8 Å². The molecule has 0 aliphatic heterocycles. The monoisotopic (exact) mass is 251 g/mol. The van der Waals surface area contributed by atoms with E-state index in [-0.39, 0.29) is 5.97 Å². The minimum Gasteiger partial charge on any atom is -0.467 e. The summed E-state index contributed by atoms with van der Waals surface area (Å²) in [6.07, 6.45) is 3.49. The average molecular weight is 251 g/mol. The summed E-state index contributed by atoms with van der Waals surface area (Å²) in [5.74, 6) is -0.321. The molecule has 1 aliphatic carbocycles. The van der Waals surface area contributed by atoms with Crippen molar-refractivity contribution in [2.24, 2.45) is 0 Å². The summed E-state index contributed by atoms with van der Waals surface area (Å²) in [5, 5.41) is 14.4. The molecule has 1 aliphatic rings. The zero-order chi connectivity index (χ0) is 13.3. The molecule has 1 fully saturated rings. The molecule has 7 nitrogen and oxygen atoms in total. The van der Waals surface area contributed by atoms with E-state index in [0.29, 0.717) is 18.5 Å². The number of hydrogen-bond donors (Lipinski definition) is 0. The molecular formula is C11H13N3O4. The maximum Gasteiger partial charge on any atom is 0.333 e. The molecule has 18 heavy (non-hydrogen) atoms. The summed E-state index contributed by atoms with van der Waals surface area (Å²) in [5.41, 5.74) is 0.528. The quantitative estimate of drug-likeness (QED) is 0.454. The van der Waals surface area contributed by atoms with Gasteiger partial charge in [-0.1, -0.05) is 0 Å². The van der Waals surface area contributed by atoms with E-state index in [9.17, 15) is 14.9 Å². The Morgan fingerprint density at radius 1 is 1.67 bits per heavy atom. The third-order valence-corrected chi connectivity index (χ3v) is 2.97. The van der Waals surface area contributed by atoms with Gasteiger partial charge in [-0.15, -0.1) is 0 Å². The second-order valence-corrected chi connectivity index (χ2v) is 4.25. The number of hydrogen-bond acceptors (Lipinski definition) is 5. The molecule has 0 N–H and O–H groups in total. The van der Waals surface area contributed by atoms with Crippen LogP contribution in [0.1, 0.15) is 24.2 Å². The SMILES string of the molecule is COC(=O)C1(n2nc(/C=C/[N+](=O)[O-])cc2C)CC1. The van der Waals surface area contributed by atoms with Crippen molar-refractivity contribution < 1.29 is 14.5 Å². The molecule has 0 atom stereocenters. The largest absolute Gasteiger partial charge is 0.467 e. The number of nitro groups is 1. The number of nitrogens with zero attached hydrogens (tertiary/aromatic N) is 3. The first kappa shape index (κ1) is 12.3. The number of esters is 1. The van der Waals surface area contributed by atoms with E-state index >= 15 is 0 Å². The van der Waals surface area contributed by atoms with Crippen LogP contribution in [0.15, 0.2) is 12.3 Å². The summed E-state index contributed by atoms with van der Waals surface area (Å²) < 4.78 is 6.36. The molecule has 2 rings (SSSR count). The van der Waals surface area contributed by atoms with Crippen molar-refractivity contribution in [3.05, 3.63) is 33.8 Å². The van der Waals surface area contributed by atoms with Crippen LogP contribution in [-0.4, -0.2) is 27.8 Å². The van der Waals surface area contributed by atoms with E-state index in [4.69, 9.17) is 4.74 Å². The van der Waals surface area contributed by atoms with Gasteiger partial charge >= 0.3 is 5.97 Å². The zero-order valence-corrected chi connectivity index (χ0v) is 10.1. The lowest BCUT2D eigenvalue weighted by molar-refractivity contribution is -0.401. The molecule has 1 saturated carbocycles. The van der Waals surface area contributed by atoms with Crippen molar-refractivity contribution in [1.29, 1.82) is 0 Å². The Kier molecular flexibility index (Phi) is 2.90. The van der Waals surface area contributed by atoms with Gasteiger partial charge in [0.25, 0.3) is 0 Å². The molecule has 1 aromatic rings. The topological polar surface area (TPSA) is 87.3 Å². The van der Waals surface area contributed by atoms with Gasteiger partial charge < -0.3 is 4.74 Å². The first-order valence-corrected chi connectivity index (χ1v) is 5.47. The predicted molar refractivity (Wildman–Crippen MR) is 62.2 cm³/mol. The van der Waals surface area contributed by atoms with Gasteiger partial charge in [-0.05, 0) is 25.8 Å². The van der Waals surface area contributed by atoms with Crippen molar-refractivity contribution in [3.63, 3.8) is 0 Å². The van der Waals surface area contributed by atoms with Crippen LogP contribution in [0.5, 0.6) is 0 Å². The highest BCUT2D eigenvalue weighted by atomic mass is 16.6. The van der Waals surface area contributed by atoms with Gasteiger partial charge in [0.05, 0.1) is 17.7 Å². The van der Waals surface area contributed by atoms with Crippen LogP contribution in [0.3, 0.4) is 0 Å². The summed E-state index contributed by atoms with van der Waals surface area (Å²) in [6.45, 7) is 1.81. The highest BCUT2D eigenvalue weighted by Gasteiger charge is 2.54. The second kappa shape index (κ2) is 4.25.